The molecule has 0 aliphatic heterocycles. The average Bonchev–Trinajstić information content (AvgIpc) is 3.22. The first-order valence-corrected chi connectivity index (χ1v) is 24.2. The van der Waals surface area contributed by atoms with Crippen molar-refractivity contribution in [1.82, 2.24) is 0 Å². The molecular formula is C49H82NO8P. The van der Waals surface area contributed by atoms with E-state index < -0.39 is 32.5 Å². The lowest BCUT2D eigenvalue weighted by Gasteiger charge is -2.19. The molecule has 0 rings (SSSR count). The molecule has 0 radical (unpaired) electrons. The van der Waals surface area contributed by atoms with Gasteiger partial charge in [0.25, 0.3) is 0 Å². The van der Waals surface area contributed by atoms with E-state index in [1.54, 1.807) is 0 Å². The molecule has 0 aromatic carbocycles. The van der Waals surface area contributed by atoms with Crippen LogP contribution in [0.1, 0.15) is 168 Å². The summed E-state index contributed by atoms with van der Waals surface area (Å²) >= 11 is 0. The summed E-state index contributed by atoms with van der Waals surface area (Å²) in [6, 6.07) is 0. The summed E-state index contributed by atoms with van der Waals surface area (Å²) in [7, 11) is -4.39. The number of ether oxygens (including phenoxy) is 2. The number of phosphoric acid groups is 1. The van der Waals surface area contributed by atoms with E-state index in [2.05, 4.69) is 111 Å². The zero-order chi connectivity index (χ0) is 43.2. The van der Waals surface area contributed by atoms with Gasteiger partial charge < -0.3 is 20.1 Å². The van der Waals surface area contributed by atoms with Crippen LogP contribution in [0.15, 0.2) is 97.2 Å². The number of rotatable bonds is 41. The van der Waals surface area contributed by atoms with Crippen molar-refractivity contribution in [2.24, 2.45) is 5.73 Å². The molecule has 0 fully saturated rings. The Morgan fingerprint density at radius 2 is 0.881 bits per heavy atom. The van der Waals surface area contributed by atoms with Gasteiger partial charge in [0, 0.05) is 19.4 Å². The molecule has 0 saturated heterocycles. The van der Waals surface area contributed by atoms with Gasteiger partial charge in [0.2, 0.25) is 0 Å². The Morgan fingerprint density at radius 1 is 0.508 bits per heavy atom. The van der Waals surface area contributed by atoms with Crippen LogP contribution in [0.5, 0.6) is 0 Å². The maximum atomic E-state index is 12.6. The maximum absolute atomic E-state index is 12.6. The zero-order valence-corrected chi connectivity index (χ0v) is 37.8. The summed E-state index contributed by atoms with van der Waals surface area (Å²) in [6.07, 6.45) is 57.3. The highest BCUT2D eigenvalue weighted by molar-refractivity contribution is 7.47. The van der Waals surface area contributed by atoms with Crippen LogP contribution in [-0.2, 0) is 32.7 Å². The van der Waals surface area contributed by atoms with Crippen LogP contribution < -0.4 is 5.73 Å². The van der Waals surface area contributed by atoms with Crippen molar-refractivity contribution in [2.45, 2.75) is 174 Å². The van der Waals surface area contributed by atoms with E-state index in [0.29, 0.717) is 12.8 Å². The first-order valence-electron chi connectivity index (χ1n) is 22.7. The number of esters is 2. The number of hydrogen-bond donors (Lipinski definition) is 2. The van der Waals surface area contributed by atoms with E-state index in [4.69, 9.17) is 24.3 Å². The third-order valence-corrected chi connectivity index (χ3v) is 9.95. The standard InChI is InChI=1S/C49H82NO8P/c1-3-5-7-9-11-13-15-17-18-19-20-21-22-23-24-25-26-27-28-30-32-34-36-38-40-42-49(52)58-47(46-57-59(53,54)56-44-43-50)45-55-48(51)41-39-37-35-33-31-29-16-14-12-10-8-6-4-2/h5-8,11-14,17-18,20-21,23-24,29,31,47H,3-4,9-10,15-16,19,22,25-28,30,32-46,50H2,1-2H3,(H,53,54)/b7-5-,8-6-,13-11-,14-12-,18-17-,21-20-,24-23-,31-29-. The van der Waals surface area contributed by atoms with Crippen LogP contribution in [0.4, 0.5) is 0 Å². The van der Waals surface area contributed by atoms with Crippen LogP contribution in [0, 0.1) is 0 Å². The normalized spacial score (nSPS) is 14.2. The Balaban J connectivity index is 4.14. The predicted octanol–water partition coefficient (Wildman–Crippen LogP) is 13.4. The van der Waals surface area contributed by atoms with Gasteiger partial charge in [-0.15, -0.1) is 0 Å². The number of unbranched alkanes of at least 4 members (excludes halogenated alkanes) is 12. The minimum Gasteiger partial charge on any atom is -0.462 e. The smallest absolute Gasteiger partial charge is 0.462 e. The molecule has 336 valence electrons. The molecule has 0 bridgehead atoms. The van der Waals surface area contributed by atoms with Gasteiger partial charge in [-0.05, 0) is 89.9 Å². The largest absolute Gasteiger partial charge is 0.472 e. The van der Waals surface area contributed by atoms with Crippen molar-refractivity contribution in [2.75, 3.05) is 26.4 Å². The maximum Gasteiger partial charge on any atom is 0.472 e. The molecule has 59 heavy (non-hydrogen) atoms. The number of carbonyl (C=O) groups is 2. The first-order chi connectivity index (χ1) is 28.8. The molecule has 2 atom stereocenters. The SMILES string of the molecule is CC/C=C\C/C=C\C/C=C\C/C=C\C/C=C\CCCCCCCCCCCC(=O)OC(COC(=O)CCCCC/C=C\C/C=C\C/C=C\CC)COP(=O)(O)OCCN. The lowest BCUT2D eigenvalue weighted by molar-refractivity contribution is -0.161. The van der Waals surface area contributed by atoms with E-state index in [-0.39, 0.29) is 32.6 Å². The lowest BCUT2D eigenvalue weighted by atomic mass is 10.1. The van der Waals surface area contributed by atoms with Gasteiger partial charge >= 0.3 is 19.8 Å². The molecule has 0 aromatic rings. The molecule has 0 aromatic heterocycles. The van der Waals surface area contributed by atoms with Crippen LogP contribution in [0.25, 0.3) is 0 Å². The minimum absolute atomic E-state index is 0.0429. The van der Waals surface area contributed by atoms with Gasteiger partial charge in [-0.3, -0.25) is 18.6 Å². The van der Waals surface area contributed by atoms with Gasteiger partial charge in [-0.1, -0.05) is 162 Å². The molecule has 0 spiro atoms. The van der Waals surface area contributed by atoms with Gasteiger partial charge in [0.1, 0.15) is 6.61 Å². The Morgan fingerprint density at radius 3 is 1.32 bits per heavy atom. The number of nitrogens with two attached hydrogens (primary N) is 1. The zero-order valence-electron chi connectivity index (χ0n) is 36.9. The summed E-state index contributed by atoms with van der Waals surface area (Å²) in [4.78, 5) is 34.9. The summed E-state index contributed by atoms with van der Waals surface area (Å²) in [5.41, 5.74) is 5.35. The highest BCUT2D eigenvalue weighted by Crippen LogP contribution is 2.43. The van der Waals surface area contributed by atoms with Crippen LogP contribution in [-0.4, -0.2) is 49.3 Å². The quantitative estimate of drug-likeness (QED) is 0.0267. The van der Waals surface area contributed by atoms with Gasteiger partial charge in [-0.25, -0.2) is 4.57 Å². The summed E-state index contributed by atoms with van der Waals surface area (Å²) in [5, 5.41) is 0. The average molecular weight is 844 g/mol. The van der Waals surface area contributed by atoms with Gasteiger partial charge in [0.15, 0.2) is 6.10 Å². The first kappa shape index (κ1) is 55.9. The molecule has 3 N–H and O–H groups in total. The predicted molar refractivity (Wildman–Crippen MR) is 247 cm³/mol. The lowest BCUT2D eigenvalue weighted by Crippen LogP contribution is -2.29. The van der Waals surface area contributed by atoms with Crippen molar-refractivity contribution < 1.29 is 37.6 Å². The Hall–Kier alpha value is -3.07. The summed E-state index contributed by atoms with van der Waals surface area (Å²) in [5.74, 6) is -0.879. The van der Waals surface area contributed by atoms with Crippen molar-refractivity contribution in [3.63, 3.8) is 0 Å². The fraction of sp³-hybridized carbons (Fsp3) is 0.633. The Kier molecular flexibility index (Phi) is 42.2. The molecule has 9 nitrogen and oxygen atoms in total. The molecule has 0 saturated carbocycles. The molecule has 0 amide bonds. The van der Waals surface area contributed by atoms with E-state index in [9.17, 15) is 19.0 Å². The fourth-order valence-electron chi connectivity index (χ4n) is 5.67. The van der Waals surface area contributed by atoms with Crippen LogP contribution in [0.2, 0.25) is 0 Å². The Bertz CT molecular complexity index is 1280. The van der Waals surface area contributed by atoms with Crippen molar-refractivity contribution in [3.05, 3.63) is 97.2 Å². The second kappa shape index (κ2) is 44.5. The molecule has 10 heteroatoms. The van der Waals surface area contributed by atoms with Crippen LogP contribution in [0.3, 0.4) is 0 Å². The van der Waals surface area contributed by atoms with Gasteiger partial charge in [0.05, 0.1) is 13.2 Å². The minimum atomic E-state index is -4.39. The Labute approximate surface area is 359 Å². The number of phosphoric ester groups is 1. The summed E-state index contributed by atoms with van der Waals surface area (Å²) in [6.45, 7) is 3.44. The molecule has 0 aliphatic rings. The fourth-order valence-corrected chi connectivity index (χ4v) is 6.44. The number of carbonyl (C=O) groups excluding carboxylic acids is 2. The molecular weight excluding hydrogens is 762 g/mol. The second-order valence-electron chi connectivity index (χ2n) is 14.5. The van der Waals surface area contributed by atoms with E-state index in [0.717, 1.165) is 96.3 Å². The molecule has 0 heterocycles. The van der Waals surface area contributed by atoms with E-state index in [1.807, 2.05) is 0 Å². The topological polar surface area (TPSA) is 134 Å². The molecule has 2 unspecified atom stereocenters. The second-order valence-corrected chi connectivity index (χ2v) is 16.0. The third-order valence-electron chi connectivity index (χ3n) is 8.97. The van der Waals surface area contributed by atoms with Gasteiger partial charge in [-0.2, -0.15) is 0 Å². The third kappa shape index (κ3) is 44.3. The highest BCUT2D eigenvalue weighted by atomic mass is 31.2. The highest BCUT2D eigenvalue weighted by Gasteiger charge is 2.26. The van der Waals surface area contributed by atoms with E-state index in [1.165, 1.54) is 32.1 Å². The number of allylic oxidation sites excluding steroid dienone is 16. The van der Waals surface area contributed by atoms with E-state index >= 15 is 0 Å². The molecule has 0 aliphatic carbocycles. The van der Waals surface area contributed by atoms with Crippen LogP contribution >= 0.6 is 7.82 Å². The van der Waals surface area contributed by atoms with Crippen molar-refractivity contribution >= 4 is 19.8 Å². The van der Waals surface area contributed by atoms with Crippen molar-refractivity contribution in [1.29, 1.82) is 0 Å². The van der Waals surface area contributed by atoms with Crippen molar-refractivity contribution in [3.8, 4) is 0 Å². The monoisotopic (exact) mass is 844 g/mol. The number of hydrogen-bond acceptors (Lipinski definition) is 8. The summed E-state index contributed by atoms with van der Waals surface area (Å²) < 4.78 is 32.8.